The van der Waals surface area contributed by atoms with E-state index in [0.29, 0.717) is 51.4 Å². The van der Waals surface area contributed by atoms with Gasteiger partial charge in [0.25, 0.3) is 5.91 Å². The Bertz CT molecular complexity index is 938. The van der Waals surface area contributed by atoms with Gasteiger partial charge in [-0.2, -0.15) is 18.3 Å². The van der Waals surface area contributed by atoms with Gasteiger partial charge in [0.15, 0.2) is 0 Å². The summed E-state index contributed by atoms with van der Waals surface area (Å²) < 4.78 is 38.7. The highest BCUT2D eigenvalue weighted by Gasteiger charge is 2.31. The van der Waals surface area contributed by atoms with Crippen molar-refractivity contribution in [2.45, 2.75) is 19.5 Å². The van der Waals surface area contributed by atoms with Crippen molar-refractivity contribution < 1.29 is 22.9 Å². The first-order chi connectivity index (χ1) is 14.7. The molecule has 1 fully saturated rings. The molecule has 0 spiro atoms. The number of nitrogens with zero attached hydrogens (tertiary/aromatic N) is 4. The van der Waals surface area contributed by atoms with Crippen LogP contribution in [0.4, 0.5) is 24.5 Å². The zero-order chi connectivity index (χ0) is 22.6. The van der Waals surface area contributed by atoms with Crippen molar-refractivity contribution in [3.63, 3.8) is 0 Å². The monoisotopic (exact) mass is 440 g/mol. The molecule has 3 rings (SSSR count). The average Bonchev–Trinajstić information content (AvgIpc) is 3.13. The van der Waals surface area contributed by atoms with Crippen LogP contribution in [0.25, 0.3) is 0 Å². The van der Waals surface area contributed by atoms with Crippen LogP contribution in [0.1, 0.15) is 28.2 Å². The number of rotatable bonds is 7. The van der Waals surface area contributed by atoms with Gasteiger partial charge in [-0.15, -0.1) is 0 Å². The topological polar surface area (TPSA) is 107 Å². The third-order valence-electron chi connectivity index (χ3n) is 5.16. The van der Waals surface area contributed by atoms with Crippen LogP contribution in [0.3, 0.4) is 0 Å². The Morgan fingerprint density at radius 3 is 2.65 bits per heavy atom. The first-order valence-electron chi connectivity index (χ1n) is 9.79. The maximum absolute atomic E-state index is 12.9. The third-order valence-corrected chi connectivity index (χ3v) is 5.16. The summed E-state index contributed by atoms with van der Waals surface area (Å²) in [6, 6.07) is 5.32. The van der Waals surface area contributed by atoms with E-state index in [-0.39, 0.29) is 17.1 Å². The van der Waals surface area contributed by atoms with Crippen LogP contribution in [0.15, 0.2) is 24.3 Å². The van der Waals surface area contributed by atoms with Gasteiger partial charge in [0, 0.05) is 38.4 Å². The van der Waals surface area contributed by atoms with E-state index >= 15 is 0 Å². The fourth-order valence-electron chi connectivity index (χ4n) is 3.50. The van der Waals surface area contributed by atoms with E-state index in [1.54, 1.807) is 6.07 Å². The number of halogens is 3. The number of anilines is 1. The van der Waals surface area contributed by atoms with Crippen LogP contribution in [-0.2, 0) is 6.18 Å². The Balaban J connectivity index is 1.42. The molecular formula is C19H23F3N6O3. The summed E-state index contributed by atoms with van der Waals surface area (Å²) in [5, 5.41) is 19.8. The van der Waals surface area contributed by atoms with Crippen LogP contribution < -0.4 is 10.2 Å². The molecule has 1 saturated heterocycles. The highest BCUT2D eigenvalue weighted by Crippen LogP contribution is 2.31. The lowest BCUT2D eigenvalue weighted by atomic mass is 10.1. The highest BCUT2D eigenvalue weighted by molar-refractivity contribution is 5.96. The van der Waals surface area contributed by atoms with Crippen molar-refractivity contribution in [3.8, 4) is 0 Å². The fourth-order valence-corrected chi connectivity index (χ4v) is 3.50. The minimum absolute atomic E-state index is 0.216. The van der Waals surface area contributed by atoms with Crippen LogP contribution in [0, 0.1) is 17.0 Å². The number of carbonyl (C=O) groups is 1. The van der Waals surface area contributed by atoms with Crippen LogP contribution in [0.2, 0.25) is 0 Å². The molecule has 9 nitrogen and oxygen atoms in total. The van der Waals surface area contributed by atoms with E-state index in [1.165, 1.54) is 19.1 Å². The maximum Gasteiger partial charge on any atom is 0.416 e. The molecule has 0 bridgehead atoms. The lowest BCUT2D eigenvalue weighted by molar-refractivity contribution is -0.385. The Morgan fingerprint density at radius 2 is 2.00 bits per heavy atom. The van der Waals surface area contributed by atoms with Gasteiger partial charge in [-0.25, -0.2) is 0 Å². The lowest BCUT2D eigenvalue weighted by Gasteiger charge is -2.36. The molecule has 2 aromatic rings. The zero-order valence-corrected chi connectivity index (χ0v) is 16.9. The molecule has 2 N–H and O–H groups in total. The van der Waals surface area contributed by atoms with E-state index in [4.69, 9.17) is 0 Å². The van der Waals surface area contributed by atoms with Crippen molar-refractivity contribution in [2.24, 2.45) is 0 Å². The molecule has 0 saturated carbocycles. The van der Waals surface area contributed by atoms with Crippen molar-refractivity contribution in [3.05, 3.63) is 51.3 Å². The second-order valence-corrected chi connectivity index (χ2v) is 7.29. The number of hydrogen-bond acceptors (Lipinski definition) is 6. The maximum atomic E-state index is 12.9. The molecule has 1 aromatic carbocycles. The number of aryl methyl sites for hydroxylation is 1. The Morgan fingerprint density at radius 1 is 1.29 bits per heavy atom. The quantitative estimate of drug-likeness (QED) is 0.389. The number of nitrogens with one attached hydrogen (secondary N) is 2. The minimum Gasteiger partial charge on any atom is -0.369 e. The third kappa shape index (κ3) is 5.51. The number of aromatic amines is 1. The zero-order valence-electron chi connectivity index (χ0n) is 16.9. The van der Waals surface area contributed by atoms with Gasteiger partial charge in [0.05, 0.1) is 10.5 Å². The molecule has 168 valence electrons. The number of carbonyl (C=O) groups excluding carboxylic acids is 1. The van der Waals surface area contributed by atoms with E-state index in [0.717, 1.165) is 6.07 Å². The van der Waals surface area contributed by atoms with Crippen LogP contribution in [0.5, 0.6) is 0 Å². The number of hydrogen-bond donors (Lipinski definition) is 2. The summed E-state index contributed by atoms with van der Waals surface area (Å²) in [4.78, 5) is 26.6. The molecule has 0 radical (unpaired) electrons. The molecular weight excluding hydrogens is 417 g/mol. The molecule has 0 unspecified atom stereocenters. The predicted octanol–water partition coefficient (Wildman–Crippen LogP) is 2.59. The fraction of sp³-hybridized carbons (Fsp3) is 0.474. The Kier molecular flexibility index (Phi) is 6.78. The SMILES string of the molecule is Cc1[nH]nc(C(=O)NCCCN2CCN(c3cccc(C(F)(F)F)c3)CC2)c1[N+](=O)[O-]. The molecule has 1 aliphatic rings. The summed E-state index contributed by atoms with van der Waals surface area (Å²) in [5.74, 6) is -0.606. The van der Waals surface area contributed by atoms with E-state index in [1.807, 2.05) is 4.90 Å². The summed E-state index contributed by atoms with van der Waals surface area (Å²) >= 11 is 0. The van der Waals surface area contributed by atoms with Crippen molar-refractivity contribution in [1.29, 1.82) is 0 Å². The molecule has 2 heterocycles. The molecule has 0 aliphatic carbocycles. The van der Waals surface area contributed by atoms with Gasteiger partial charge in [0.1, 0.15) is 5.69 Å². The van der Waals surface area contributed by atoms with Crippen molar-refractivity contribution in [1.82, 2.24) is 20.4 Å². The predicted molar refractivity (Wildman–Crippen MR) is 107 cm³/mol. The lowest BCUT2D eigenvalue weighted by Crippen LogP contribution is -2.47. The number of alkyl halides is 3. The molecule has 12 heteroatoms. The standard InChI is InChI=1S/C19H23F3N6O3/c1-13-17(28(30)31)16(25-24-13)18(29)23-6-3-7-26-8-10-27(11-9-26)15-5-2-4-14(12-15)19(20,21)22/h2,4-5,12H,3,6-11H2,1H3,(H,23,29)(H,24,25). The van der Waals surface area contributed by atoms with Gasteiger partial charge in [-0.05, 0) is 38.1 Å². The summed E-state index contributed by atoms with van der Waals surface area (Å²) in [5.41, 5.74) is -0.456. The molecule has 31 heavy (non-hydrogen) atoms. The van der Waals surface area contributed by atoms with Crippen LogP contribution >= 0.6 is 0 Å². The van der Waals surface area contributed by atoms with E-state index in [9.17, 15) is 28.1 Å². The van der Waals surface area contributed by atoms with Crippen LogP contribution in [-0.4, -0.2) is 65.2 Å². The number of aromatic nitrogens is 2. The Hall–Kier alpha value is -3.15. The summed E-state index contributed by atoms with van der Waals surface area (Å²) in [6.07, 6.45) is -3.73. The molecule has 1 aromatic heterocycles. The Labute approximate surface area is 176 Å². The van der Waals surface area contributed by atoms with Crippen molar-refractivity contribution >= 4 is 17.3 Å². The number of amides is 1. The number of H-pyrrole nitrogens is 1. The van der Waals surface area contributed by atoms with E-state index in [2.05, 4.69) is 20.4 Å². The molecule has 1 aliphatic heterocycles. The second-order valence-electron chi connectivity index (χ2n) is 7.29. The molecule has 0 atom stereocenters. The summed E-state index contributed by atoms with van der Waals surface area (Å²) in [7, 11) is 0. The number of piperazine rings is 1. The second kappa shape index (κ2) is 9.33. The van der Waals surface area contributed by atoms with Gasteiger partial charge < -0.3 is 10.2 Å². The van der Waals surface area contributed by atoms with Gasteiger partial charge >= 0.3 is 11.9 Å². The van der Waals surface area contributed by atoms with Gasteiger partial charge in [-0.1, -0.05) is 6.07 Å². The normalized spacial score (nSPS) is 15.2. The minimum atomic E-state index is -4.36. The van der Waals surface area contributed by atoms with Crippen molar-refractivity contribution in [2.75, 3.05) is 44.2 Å². The number of nitro groups is 1. The smallest absolute Gasteiger partial charge is 0.369 e. The van der Waals surface area contributed by atoms with Gasteiger partial charge in [0.2, 0.25) is 5.69 Å². The molecule has 1 amide bonds. The average molecular weight is 440 g/mol. The van der Waals surface area contributed by atoms with E-state index < -0.39 is 22.6 Å². The summed E-state index contributed by atoms with van der Waals surface area (Å²) in [6.45, 7) is 5.08. The largest absolute Gasteiger partial charge is 0.416 e. The first-order valence-corrected chi connectivity index (χ1v) is 9.79. The highest BCUT2D eigenvalue weighted by atomic mass is 19.4. The van der Waals surface area contributed by atoms with Gasteiger partial charge in [-0.3, -0.25) is 24.9 Å². The first kappa shape index (κ1) is 22.5. The number of benzene rings is 1.